The van der Waals surface area contributed by atoms with Crippen LogP contribution in [-0.2, 0) is 0 Å². The van der Waals surface area contributed by atoms with E-state index in [1.807, 2.05) is 0 Å². The van der Waals surface area contributed by atoms with E-state index in [2.05, 4.69) is 39.6 Å². The third-order valence-electron chi connectivity index (χ3n) is 7.10. The highest BCUT2D eigenvalue weighted by atomic mass is 15.1. The molecule has 0 saturated heterocycles. The van der Waals surface area contributed by atoms with E-state index in [1.165, 1.54) is 148 Å². The summed E-state index contributed by atoms with van der Waals surface area (Å²) in [7, 11) is 2.35. The minimum atomic E-state index is 0.860. The summed E-state index contributed by atoms with van der Waals surface area (Å²) in [6, 6.07) is 0. The quantitative estimate of drug-likeness (QED) is 0.128. The number of rotatable bonds is 25. The van der Waals surface area contributed by atoms with Gasteiger partial charge < -0.3 is 4.90 Å². The summed E-state index contributed by atoms with van der Waals surface area (Å²) >= 11 is 0. The van der Waals surface area contributed by atoms with Crippen molar-refractivity contribution in [3.05, 3.63) is 0 Å². The summed E-state index contributed by atoms with van der Waals surface area (Å²) in [5.41, 5.74) is 0. The van der Waals surface area contributed by atoms with Crippen molar-refractivity contribution in [3.8, 4) is 0 Å². The van der Waals surface area contributed by atoms with Gasteiger partial charge in [-0.3, -0.25) is 0 Å². The molecule has 0 aromatic heterocycles. The molecule has 31 heavy (non-hydrogen) atoms. The van der Waals surface area contributed by atoms with Crippen LogP contribution >= 0.6 is 0 Å². The van der Waals surface area contributed by atoms with E-state index in [-0.39, 0.29) is 0 Å². The minimum Gasteiger partial charge on any atom is -0.306 e. The maximum Gasteiger partial charge on any atom is 0.000408 e. The van der Waals surface area contributed by atoms with Crippen LogP contribution in [0.1, 0.15) is 163 Å². The largest absolute Gasteiger partial charge is 0.306 e. The van der Waals surface area contributed by atoms with E-state index in [4.69, 9.17) is 0 Å². The van der Waals surface area contributed by atoms with Gasteiger partial charge in [0.15, 0.2) is 0 Å². The van der Waals surface area contributed by atoms with Crippen molar-refractivity contribution in [1.29, 1.82) is 0 Å². The van der Waals surface area contributed by atoms with Gasteiger partial charge in [0.25, 0.3) is 0 Å². The normalized spacial score (nSPS) is 13.7. The summed E-state index contributed by atoms with van der Waals surface area (Å²) in [6.45, 7) is 12.1. The van der Waals surface area contributed by atoms with Gasteiger partial charge in [-0.25, -0.2) is 0 Å². The summed E-state index contributed by atoms with van der Waals surface area (Å²) in [5, 5.41) is 0. The van der Waals surface area contributed by atoms with Crippen LogP contribution in [-0.4, -0.2) is 25.0 Å². The number of hydrogen-bond donors (Lipinski definition) is 0. The van der Waals surface area contributed by atoms with E-state index in [0.29, 0.717) is 0 Å². The van der Waals surface area contributed by atoms with Crippen molar-refractivity contribution in [3.63, 3.8) is 0 Å². The van der Waals surface area contributed by atoms with Gasteiger partial charge in [-0.05, 0) is 31.7 Å². The lowest BCUT2D eigenvalue weighted by Crippen LogP contribution is -2.29. The molecule has 0 aromatic carbocycles. The van der Waals surface area contributed by atoms with Gasteiger partial charge in [-0.1, -0.05) is 150 Å². The Labute approximate surface area is 199 Å². The number of hydrogen-bond acceptors (Lipinski definition) is 1. The molecule has 0 aliphatic heterocycles. The molecule has 0 aliphatic carbocycles. The van der Waals surface area contributed by atoms with Crippen LogP contribution in [0.15, 0.2) is 0 Å². The molecule has 1 heteroatoms. The zero-order chi connectivity index (χ0) is 23.0. The predicted molar refractivity (Wildman–Crippen MR) is 144 cm³/mol. The lowest BCUT2D eigenvalue weighted by atomic mass is 9.99. The van der Waals surface area contributed by atoms with Crippen molar-refractivity contribution in [1.82, 2.24) is 4.90 Å². The Morgan fingerprint density at radius 2 is 0.677 bits per heavy atom. The lowest BCUT2D eigenvalue weighted by Gasteiger charge is -2.24. The average molecular weight is 438 g/mol. The van der Waals surface area contributed by atoms with Crippen molar-refractivity contribution < 1.29 is 0 Å². The fourth-order valence-electron chi connectivity index (χ4n) is 5.10. The Balaban J connectivity index is 3.43. The van der Waals surface area contributed by atoms with E-state index in [1.54, 1.807) is 0 Å². The Kier molecular flexibility index (Phi) is 24.6. The minimum absolute atomic E-state index is 0.860. The van der Waals surface area contributed by atoms with Crippen molar-refractivity contribution in [2.75, 3.05) is 20.1 Å². The van der Waals surface area contributed by atoms with E-state index >= 15 is 0 Å². The molecule has 0 N–H and O–H groups in total. The second-order valence-corrected chi connectivity index (χ2v) is 11.0. The maximum atomic E-state index is 2.61. The van der Waals surface area contributed by atoms with Crippen LogP contribution in [0.3, 0.4) is 0 Å². The van der Waals surface area contributed by atoms with Crippen LogP contribution in [0, 0.1) is 11.8 Å². The van der Waals surface area contributed by atoms with Crippen LogP contribution in [0.25, 0.3) is 0 Å². The first-order valence-corrected chi connectivity index (χ1v) is 14.8. The summed E-state index contributed by atoms with van der Waals surface area (Å²) in [4.78, 5) is 2.61. The van der Waals surface area contributed by atoms with Crippen LogP contribution in [0.4, 0.5) is 0 Å². The van der Waals surface area contributed by atoms with Gasteiger partial charge in [-0.2, -0.15) is 0 Å². The Morgan fingerprint density at radius 3 is 0.968 bits per heavy atom. The molecule has 2 atom stereocenters. The first-order chi connectivity index (χ1) is 15.1. The third kappa shape index (κ3) is 24.4. The van der Waals surface area contributed by atoms with Gasteiger partial charge in [0.1, 0.15) is 0 Å². The van der Waals surface area contributed by atoms with E-state index in [0.717, 1.165) is 11.8 Å². The van der Waals surface area contributed by atoms with Gasteiger partial charge in [-0.15, -0.1) is 0 Å². The lowest BCUT2D eigenvalue weighted by molar-refractivity contribution is 0.235. The molecule has 0 bridgehead atoms. The Morgan fingerprint density at radius 1 is 0.419 bits per heavy atom. The highest BCUT2D eigenvalue weighted by Gasteiger charge is 2.10. The van der Waals surface area contributed by atoms with Crippen LogP contribution < -0.4 is 0 Å². The topological polar surface area (TPSA) is 3.24 Å². The van der Waals surface area contributed by atoms with Crippen LogP contribution in [0.2, 0.25) is 0 Å². The molecule has 0 saturated carbocycles. The summed E-state index contributed by atoms with van der Waals surface area (Å²) < 4.78 is 0. The predicted octanol–water partition coefficient (Wildman–Crippen LogP) is 10.4. The highest BCUT2D eigenvalue weighted by molar-refractivity contribution is 4.64. The molecule has 0 amide bonds. The first kappa shape index (κ1) is 31.0. The second kappa shape index (κ2) is 24.6. The molecule has 0 rings (SSSR count). The van der Waals surface area contributed by atoms with Crippen molar-refractivity contribution in [2.45, 2.75) is 163 Å². The molecule has 0 aromatic rings. The molecule has 0 fully saturated rings. The molecule has 1 nitrogen and oxygen atoms in total. The molecule has 2 unspecified atom stereocenters. The van der Waals surface area contributed by atoms with E-state index in [9.17, 15) is 0 Å². The molecular formula is C30H63N. The van der Waals surface area contributed by atoms with Gasteiger partial charge >= 0.3 is 0 Å². The zero-order valence-corrected chi connectivity index (χ0v) is 22.9. The van der Waals surface area contributed by atoms with Crippen molar-refractivity contribution in [2.24, 2.45) is 11.8 Å². The van der Waals surface area contributed by atoms with Gasteiger partial charge in [0.05, 0.1) is 0 Å². The molecular weight excluding hydrogens is 374 g/mol. The van der Waals surface area contributed by atoms with Crippen LogP contribution in [0.5, 0.6) is 0 Å². The summed E-state index contributed by atoms with van der Waals surface area (Å²) in [6.07, 6.45) is 30.4. The fourth-order valence-corrected chi connectivity index (χ4v) is 5.10. The van der Waals surface area contributed by atoms with E-state index < -0.39 is 0 Å². The first-order valence-electron chi connectivity index (χ1n) is 14.8. The molecule has 0 radical (unpaired) electrons. The number of nitrogens with zero attached hydrogens (tertiary/aromatic N) is 1. The fraction of sp³-hybridized carbons (Fsp3) is 1.00. The Bertz CT molecular complexity index is 326. The van der Waals surface area contributed by atoms with Gasteiger partial charge in [0, 0.05) is 13.1 Å². The Hall–Kier alpha value is -0.0400. The average Bonchev–Trinajstić information content (AvgIpc) is 2.73. The summed E-state index contributed by atoms with van der Waals surface area (Å²) in [5.74, 6) is 1.72. The molecule has 0 aliphatic rings. The van der Waals surface area contributed by atoms with Crippen molar-refractivity contribution >= 4 is 0 Å². The molecule has 0 spiro atoms. The monoisotopic (exact) mass is 437 g/mol. The molecule has 188 valence electrons. The molecule has 0 heterocycles. The maximum absolute atomic E-state index is 2.61. The highest BCUT2D eigenvalue weighted by Crippen LogP contribution is 2.17. The SMILES string of the molecule is CCCCCCCCCCCCCCC(C)CN(C)CC(C)CCCCCCCCC. The van der Waals surface area contributed by atoms with Gasteiger partial charge in [0.2, 0.25) is 0 Å². The third-order valence-corrected chi connectivity index (χ3v) is 7.10. The number of unbranched alkanes of at least 4 members (excludes halogenated alkanes) is 17. The zero-order valence-electron chi connectivity index (χ0n) is 22.9. The smallest absolute Gasteiger partial charge is 0.000408 e. The second-order valence-electron chi connectivity index (χ2n) is 11.0. The standard InChI is InChI=1S/C30H63N/c1-6-8-10-12-14-15-16-17-18-20-22-24-26-30(4)28-31(5)27-29(3)25-23-21-19-13-11-9-7-2/h29-30H,6-28H2,1-5H3.